The molecule has 0 aliphatic rings. The van der Waals surface area contributed by atoms with Gasteiger partial charge in [0.15, 0.2) is 0 Å². The molecule has 0 saturated carbocycles. The number of carbonyl (C=O) groups is 2. The number of rotatable bonds is 5. The first-order chi connectivity index (χ1) is 13.2. The number of aromatic carboxylic acids is 1. The summed E-state index contributed by atoms with van der Waals surface area (Å²) in [4.78, 5) is 23.4. The molecule has 1 amide bonds. The molecule has 0 unspecified atom stereocenters. The fraction of sp³-hybridized carbons (Fsp3) is 0.286. The van der Waals surface area contributed by atoms with Crippen LogP contribution in [0.3, 0.4) is 0 Å². The summed E-state index contributed by atoms with van der Waals surface area (Å²) in [6, 6.07) is 11.2. The number of aromatic nitrogens is 2. The zero-order valence-corrected chi connectivity index (χ0v) is 16.1. The third-order valence-electron chi connectivity index (χ3n) is 4.07. The number of amides is 1. The van der Waals surface area contributed by atoms with Crippen molar-refractivity contribution in [1.82, 2.24) is 15.1 Å². The molecular formula is C21H23N3O4. The van der Waals surface area contributed by atoms with Gasteiger partial charge in [0.2, 0.25) is 0 Å². The van der Waals surface area contributed by atoms with Crippen LogP contribution in [-0.4, -0.2) is 39.1 Å². The van der Waals surface area contributed by atoms with E-state index in [-0.39, 0.29) is 5.56 Å². The average Bonchev–Trinajstić information content (AvgIpc) is 3.07. The van der Waals surface area contributed by atoms with Crippen molar-refractivity contribution in [1.29, 1.82) is 0 Å². The van der Waals surface area contributed by atoms with Crippen molar-refractivity contribution in [3.05, 3.63) is 54.4 Å². The number of nitrogens with zero attached hydrogens (tertiary/aromatic N) is 2. The molecule has 1 heterocycles. The van der Waals surface area contributed by atoms with E-state index in [1.807, 2.05) is 30.3 Å². The van der Waals surface area contributed by atoms with Gasteiger partial charge in [0.25, 0.3) is 0 Å². The van der Waals surface area contributed by atoms with Crippen LogP contribution in [0.15, 0.2) is 48.8 Å². The molecule has 0 aliphatic carbocycles. The number of carbonyl (C=O) groups excluding carboxylic acids is 1. The molecule has 7 heteroatoms. The van der Waals surface area contributed by atoms with Crippen LogP contribution in [0.5, 0.6) is 0 Å². The number of ether oxygens (including phenoxy) is 1. The van der Waals surface area contributed by atoms with Crippen molar-refractivity contribution < 1.29 is 19.4 Å². The maximum absolute atomic E-state index is 11.7. The second-order valence-corrected chi connectivity index (χ2v) is 7.47. The van der Waals surface area contributed by atoms with Crippen LogP contribution in [0.25, 0.3) is 21.9 Å². The number of fused-ring (bicyclic) bond motifs is 1. The molecule has 3 rings (SSSR count). The Morgan fingerprint density at radius 1 is 1.18 bits per heavy atom. The lowest BCUT2D eigenvalue weighted by Crippen LogP contribution is -2.34. The van der Waals surface area contributed by atoms with Gasteiger partial charge in [-0.1, -0.05) is 24.3 Å². The van der Waals surface area contributed by atoms with Crippen molar-refractivity contribution >= 4 is 22.8 Å². The minimum absolute atomic E-state index is 0.227. The molecule has 7 nitrogen and oxygen atoms in total. The van der Waals surface area contributed by atoms with Crippen molar-refractivity contribution in [2.75, 3.05) is 6.54 Å². The van der Waals surface area contributed by atoms with Crippen molar-refractivity contribution in [2.45, 2.75) is 32.9 Å². The topological polar surface area (TPSA) is 93.5 Å². The predicted octanol–water partition coefficient (Wildman–Crippen LogP) is 3.93. The van der Waals surface area contributed by atoms with E-state index in [9.17, 15) is 14.7 Å². The molecule has 146 valence electrons. The molecular weight excluding hydrogens is 358 g/mol. The fourth-order valence-electron chi connectivity index (χ4n) is 2.87. The SMILES string of the molecule is CC(C)(C)OC(=O)NCCn1cc(-c2cc3ccccc3cc2C(=O)O)cn1. The van der Waals surface area contributed by atoms with Gasteiger partial charge in [0.05, 0.1) is 18.3 Å². The monoisotopic (exact) mass is 381 g/mol. The van der Waals surface area contributed by atoms with E-state index in [0.717, 1.165) is 10.8 Å². The van der Waals surface area contributed by atoms with E-state index >= 15 is 0 Å². The van der Waals surface area contributed by atoms with Crippen LogP contribution in [0.4, 0.5) is 4.79 Å². The normalized spacial score (nSPS) is 11.4. The molecule has 0 radical (unpaired) electrons. The molecule has 2 aromatic carbocycles. The maximum atomic E-state index is 11.7. The largest absolute Gasteiger partial charge is 0.478 e. The number of alkyl carbamates (subject to hydrolysis) is 1. The quantitative estimate of drug-likeness (QED) is 0.698. The zero-order valence-electron chi connectivity index (χ0n) is 16.1. The highest BCUT2D eigenvalue weighted by molar-refractivity contribution is 6.02. The van der Waals surface area contributed by atoms with Crippen LogP contribution in [-0.2, 0) is 11.3 Å². The van der Waals surface area contributed by atoms with Gasteiger partial charge in [-0.25, -0.2) is 9.59 Å². The summed E-state index contributed by atoms with van der Waals surface area (Å²) in [6.45, 7) is 6.19. The number of nitrogens with one attached hydrogen (secondary N) is 1. The summed E-state index contributed by atoms with van der Waals surface area (Å²) in [5, 5.41) is 18.4. The average molecular weight is 381 g/mol. The molecule has 0 atom stereocenters. The molecule has 3 aromatic rings. The smallest absolute Gasteiger partial charge is 0.407 e. The van der Waals surface area contributed by atoms with E-state index in [1.165, 1.54) is 0 Å². The fourth-order valence-corrected chi connectivity index (χ4v) is 2.87. The first-order valence-corrected chi connectivity index (χ1v) is 8.99. The Morgan fingerprint density at radius 3 is 2.50 bits per heavy atom. The molecule has 0 bridgehead atoms. The van der Waals surface area contributed by atoms with Gasteiger partial charge >= 0.3 is 12.1 Å². The Balaban J connectivity index is 1.76. The molecule has 2 N–H and O–H groups in total. The second kappa shape index (κ2) is 7.72. The number of hydrogen-bond donors (Lipinski definition) is 2. The first-order valence-electron chi connectivity index (χ1n) is 8.99. The van der Waals surface area contributed by atoms with Gasteiger partial charge in [0.1, 0.15) is 5.60 Å². The summed E-state index contributed by atoms with van der Waals surface area (Å²) in [7, 11) is 0. The van der Waals surface area contributed by atoms with Gasteiger partial charge < -0.3 is 15.2 Å². The van der Waals surface area contributed by atoms with E-state index < -0.39 is 17.7 Å². The summed E-state index contributed by atoms with van der Waals surface area (Å²) in [5.74, 6) is -0.986. The molecule has 0 fully saturated rings. The van der Waals surface area contributed by atoms with Gasteiger partial charge in [0, 0.05) is 18.3 Å². The summed E-state index contributed by atoms with van der Waals surface area (Å²) in [5.41, 5.74) is 0.995. The van der Waals surface area contributed by atoms with Crippen LogP contribution in [0, 0.1) is 0 Å². The van der Waals surface area contributed by atoms with E-state index in [0.29, 0.717) is 24.2 Å². The van der Waals surface area contributed by atoms with Crippen LogP contribution in [0.2, 0.25) is 0 Å². The van der Waals surface area contributed by atoms with Crippen molar-refractivity contribution in [2.24, 2.45) is 0 Å². The summed E-state index contributed by atoms with van der Waals surface area (Å²) < 4.78 is 6.85. The number of benzene rings is 2. The molecule has 0 spiro atoms. The van der Waals surface area contributed by atoms with Crippen molar-refractivity contribution in [3.63, 3.8) is 0 Å². The van der Waals surface area contributed by atoms with E-state index in [1.54, 1.807) is 43.9 Å². The van der Waals surface area contributed by atoms with Crippen LogP contribution >= 0.6 is 0 Å². The third kappa shape index (κ3) is 4.68. The Morgan fingerprint density at radius 2 is 1.86 bits per heavy atom. The summed E-state index contributed by atoms with van der Waals surface area (Å²) in [6.07, 6.45) is 2.92. The Labute approximate surface area is 162 Å². The van der Waals surface area contributed by atoms with Crippen LogP contribution in [0.1, 0.15) is 31.1 Å². The molecule has 28 heavy (non-hydrogen) atoms. The molecule has 0 saturated heterocycles. The lowest BCUT2D eigenvalue weighted by molar-refractivity contribution is 0.0525. The third-order valence-corrected chi connectivity index (χ3v) is 4.07. The minimum Gasteiger partial charge on any atom is -0.478 e. The van der Waals surface area contributed by atoms with Crippen LogP contribution < -0.4 is 5.32 Å². The number of hydrogen-bond acceptors (Lipinski definition) is 4. The Hall–Kier alpha value is -3.35. The van der Waals surface area contributed by atoms with Gasteiger partial charge in [-0.3, -0.25) is 4.68 Å². The number of carboxylic acids is 1. The van der Waals surface area contributed by atoms with E-state index in [2.05, 4.69) is 10.4 Å². The van der Waals surface area contributed by atoms with E-state index in [4.69, 9.17) is 4.74 Å². The first kappa shape index (κ1) is 19.4. The Kier molecular flexibility index (Phi) is 5.35. The van der Waals surface area contributed by atoms with Gasteiger partial charge in [-0.15, -0.1) is 0 Å². The standard InChI is InChI=1S/C21H23N3O4/c1-21(2,3)28-20(27)22-8-9-24-13-16(12-23-24)17-10-14-6-4-5-7-15(14)11-18(17)19(25)26/h4-7,10-13H,8-9H2,1-3H3,(H,22,27)(H,25,26). The second-order valence-electron chi connectivity index (χ2n) is 7.47. The highest BCUT2D eigenvalue weighted by Gasteiger charge is 2.16. The highest BCUT2D eigenvalue weighted by Crippen LogP contribution is 2.28. The zero-order chi connectivity index (χ0) is 20.3. The lowest BCUT2D eigenvalue weighted by atomic mass is 9.97. The highest BCUT2D eigenvalue weighted by atomic mass is 16.6. The lowest BCUT2D eigenvalue weighted by Gasteiger charge is -2.19. The maximum Gasteiger partial charge on any atom is 0.407 e. The van der Waals surface area contributed by atoms with Gasteiger partial charge in [-0.2, -0.15) is 5.10 Å². The van der Waals surface area contributed by atoms with Crippen molar-refractivity contribution in [3.8, 4) is 11.1 Å². The Bertz CT molecular complexity index is 1020. The minimum atomic E-state index is -0.986. The van der Waals surface area contributed by atoms with Gasteiger partial charge in [-0.05, 0) is 49.2 Å². The molecule has 0 aliphatic heterocycles. The predicted molar refractivity (Wildman–Crippen MR) is 106 cm³/mol. The molecule has 1 aromatic heterocycles. The number of carboxylic acid groups (broad SMARTS) is 1. The summed E-state index contributed by atoms with van der Waals surface area (Å²) >= 11 is 0.